The molecule has 10 heteroatoms. The predicted octanol–water partition coefficient (Wildman–Crippen LogP) is 3.64. The molecule has 2 aliphatic rings. The summed E-state index contributed by atoms with van der Waals surface area (Å²) in [6, 6.07) is 4.11. The molecule has 39 heavy (non-hydrogen) atoms. The number of nitrogens with zero attached hydrogens (tertiary/aromatic N) is 3. The normalized spacial score (nSPS) is 23.3. The van der Waals surface area contributed by atoms with Gasteiger partial charge >= 0.3 is 0 Å². The Hall–Kier alpha value is -2.04. The fourth-order valence-corrected chi connectivity index (χ4v) is 6.10. The second-order valence-corrected chi connectivity index (χ2v) is 13.2. The first kappa shape index (κ1) is 31.5. The third kappa shape index (κ3) is 7.79. The number of likely N-dealkylation sites (tertiary alicyclic amines) is 1. The fourth-order valence-electron chi connectivity index (χ4n) is 5.77. The highest BCUT2D eigenvalue weighted by molar-refractivity contribution is 9.10. The van der Waals surface area contributed by atoms with Crippen LogP contribution in [0.15, 0.2) is 22.7 Å². The summed E-state index contributed by atoms with van der Waals surface area (Å²) in [4.78, 5) is 45.2. The quantitative estimate of drug-likeness (QED) is 0.486. The van der Waals surface area contributed by atoms with Crippen molar-refractivity contribution in [1.29, 1.82) is 0 Å². The highest BCUT2D eigenvalue weighted by Crippen LogP contribution is 2.39. The fraction of sp³-hybridized carbons (Fsp3) is 0.690. The predicted molar refractivity (Wildman–Crippen MR) is 153 cm³/mol. The molecule has 2 heterocycles. The van der Waals surface area contributed by atoms with Gasteiger partial charge in [-0.15, -0.1) is 0 Å². The molecule has 0 radical (unpaired) electrons. The van der Waals surface area contributed by atoms with E-state index in [1.54, 1.807) is 18.1 Å². The molecule has 2 aliphatic heterocycles. The highest BCUT2D eigenvalue weighted by Gasteiger charge is 2.46. The van der Waals surface area contributed by atoms with Crippen LogP contribution in [-0.2, 0) is 19.1 Å². The summed E-state index contributed by atoms with van der Waals surface area (Å²) >= 11 is 3.34. The Bertz CT molecular complexity index is 1050. The van der Waals surface area contributed by atoms with Gasteiger partial charge in [-0.05, 0) is 50.8 Å². The zero-order chi connectivity index (χ0) is 29.1. The molecular formula is C29H44BrFN4O4. The Labute approximate surface area is 240 Å². The zero-order valence-corrected chi connectivity index (χ0v) is 25.9. The summed E-state index contributed by atoms with van der Waals surface area (Å²) < 4.78 is 21.3. The minimum atomic E-state index is -0.604. The van der Waals surface area contributed by atoms with Gasteiger partial charge in [-0.1, -0.05) is 35.8 Å². The number of halogens is 2. The minimum absolute atomic E-state index is 0.0381. The van der Waals surface area contributed by atoms with E-state index in [9.17, 15) is 14.4 Å². The van der Waals surface area contributed by atoms with Crippen molar-refractivity contribution >= 4 is 33.7 Å². The monoisotopic (exact) mass is 610 g/mol. The lowest BCUT2D eigenvalue weighted by Gasteiger charge is -2.43. The van der Waals surface area contributed by atoms with Gasteiger partial charge < -0.3 is 19.9 Å². The van der Waals surface area contributed by atoms with Gasteiger partial charge in [0, 0.05) is 62.7 Å². The van der Waals surface area contributed by atoms with E-state index >= 15 is 4.39 Å². The van der Waals surface area contributed by atoms with E-state index in [-0.39, 0.29) is 53.6 Å². The first-order valence-electron chi connectivity index (χ1n) is 13.8. The van der Waals surface area contributed by atoms with E-state index in [4.69, 9.17) is 4.74 Å². The molecule has 2 saturated heterocycles. The van der Waals surface area contributed by atoms with Gasteiger partial charge in [0.25, 0.3) is 0 Å². The van der Waals surface area contributed by atoms with Crippen LogP contribution in [0.4, 0.5) is 4.39 Å². The molecule has 3 rings (SSSR count). The number of rotatable bonds is 8. The lowest BCUT2D eigenvalue weighted by molar-refractivity contribution is -0.149. The Balaban J connectivity index is 1.85. The first-order chi connectivity index (χ1) is 18.2. The van der Waals surface area contributed by atoms with E-state index in [1.165, 1.54) is 13.0 Å². The van der Waals surface area contributed by atoms with Gasteiger partial charge in [0.15, 0.2) is 0 Å². The maximum Gasteiger partial charge on any atom is 0.245 e. The van der Waals surface area contributed by atoms with Gasteiger partial charge in [-0.3, -0.25) is 19.3 Å². The molecule has 1 N–H and O–H groups in total. The zero-order valence-electron chi connectivity index (χ0n) is 24.3. The van der Waals surface area contributed by atoms with Crippen LogP contribution < -0.4 is 5.32 Å². The average molecular weight is 612 g/mol. The standard InChI is InChI=1S/C29H44BrFN4O4/c1-18(2)12-26(32-19(3)36)28(38)33-10-11-35(21(14-33)17-39-7)27(37)24-16-34(29(4,5)6)15-23(24)22-9-8-20(30)13-25(22)31/h8-9,13,18,21,23-24,26H,10-12,14-17H2,1-7H3,(H,32,36)/t21-,23?,24?,26+/m1/s1. The molecule has 2 fully saturated rings. The SMILES string of the molecule is COC[C@H]1CN(C(=O)[C@H](CC(C)C)NC(C)=O)CCN1C(=O)C1CN(C(C)(C)C)CC1c1ccc(Br)cc1F. The Morgan fingerprint density at radius 1 is 1.15 bits per heavy atom. The summed E-state index contributed by atoms with van der Waals surface area (Å²) in [5.74, 6) is -1.22. The third-order valence-electron chi connectivity index (χ3n) is 7.77. The molecule has 8 nitrogen and oxygen atoms in total. The van der Waals surface area contributed by atoms with Crippen molar-refractivity contribution < 1.29 is 23.5 Å². The summed E-state index contributed by atoms with van der Waals surface area (Å²) in [6.45, 7) is 14.2. The van der Waals surface area contributed by atoms with Crippen LogP contribution >= 0.6 is 15.9 Å². The van der Waals surface area contributed by atoms with Gasteiger partial charge in [-0.25, -0.2) is 4.39 Å². The maximum absolute atomic E-state index is 15.1. The van der Waals surface area contributed by atoms with Crippen LogP contribution in [0.25, 0.3) is 0 Å². The van der Waals surface area contributed by atoms with E-state index in [1.807, 2.05) is 24.8 Å². The molecule has 4 atom stereocenters. The molecular weight excluding hydrogens is 567 g/mol. The van der Waals surface area contributed by atoms with Crippen molar-refractivity contribution in [3.63, 3.8) is 0 Å². The summed E-state index contributed by atoms with van der Waals surface area (Å²) in [5.41, 5.74) is 0.373. The Morgan fingerprint density at radius 3 is 2.41 bits per heavy atom. The number of amides is 3. The molecule has 0 bridgehead atoms. The molecule has 0 spiro atoms. The molecule has 1 aromatic rings. The van der Waals surface area contributed by atoms with Crippen LogP contribution in [0.2, 0.25) is 0 Å². The first-order valence-corrected chi connectivity index (χ1v) is 14.6. The smallest absolute Gasteiger partial charge is 0.245 e. The Kier molecular flexibility index (Phi) is 10.6. The van der Waals surface area contributed by atoms with Gasteiger partial charge in [-0.2, -0.15) is 0 Å². The number of benzene rings is 1. The number of hydrogen-bond donors (Lipinski definition) is 1. The second kappa shape index (κ2) is 13.1. The molecule has 0 aliphatic carbocycles. The minimum Gasteiger partial charge on any atom is -0.382 e. The summed E-state index contributed by atoms with van der Waals surface area (Å²) in [5, 5.41) is 2.80. The van der Waals surface area contributed by atoms with E-state index in [0.717, 1.165) is 0 Å². The van der Waals surface area contributed by atoms with Gasteiger partial charge in [0.1, 0.15) is 11.9 Å². The van der Waals surface area contributed by atoms with E-state index in [2.05, 4.69) is 46.9 Å². The summed E-state index contributed by atoms with van der Waals surface area (Å²) in [7, 11) is 1.58. The average Bonchev–Trinajstić information content (AvgIpc) is 3.28. The number of ether oxygens (including phenoxy) is 1. The van der Waals surface area contributed by atoms with Gasteiger partial charge in [0.05, 0.1) is 18.6 Å². The summed E-state index contributed by atoms with van der Waals surface area (Å²) in [6.07, 6.45) is 0.539. The second-order valence-electron chi connectivity index (χ2n) is 12.3. The van der Waals surface area contributed by atoms with Crippen LogP contribution in [-0.4, -0.2) is 96.5 Å². The molecule has 1 aromatic carbocycles. The van der Waals surface area contributed by atoms with Crippen molar-refractivity contribution in [3.8, 4) is 0 Å². The van der Waals surface area contributed by atoms with Crippen molar-refractivity contribution in [2.45, 2.75) is 71.5 Å². The lowest BCUT2D eigenvalue weighted by atomic mass is 9.87. The highest BCUT2D eigenvalue weighted by atomic mass is 79.9. The largest absolute Gasteiger partial charge is 0.382 e. The molecule has 2 unspecified atom stereocenters. The number of carbonyl (C=O) groups is 3. The van der Waals surface area contributed by atoms with E-state index < -0.39 is 12.0 Å². The molecule has 3 amide bonds. The van der Waals surface area contributed by atoms with Crippen LogP contribution in [0.3, 0.4) is 0 Å². The number of nitrogens with one attached hydrogen (secondary N) is 1. The lowest BCUT2D eigenvalue weighted by Crippen LogP contribution is -2.62. The number of piperazine rings is 1. The molecule has 0 saturated carbocycles. The topological polar surface area (TPSA) is 82.2 Å². The third-order valence-corrected chi connectivity index (χ3v) is 8.26. The number of carbonyl (C=O) groups excluding carboxylic acids is 3. The van der Waals surface area contributed by atoms with Crippen LogP contribution in [0.5, 0.6) is 0 Å². The Morgan fingerprint density at radius 2 is 1.85 bits per heavy atom. The van der Waals surface area contributed by atoms with Crippen LogP contribution in [0, 0.1) is 17.7 Å². The molecule has 0 aromatic heterocycles. The number of hydrogen-bond acceptors (Lipinski definition) is 5. The van der Waals surface area contributed by atoms with Crippen molar-refractivity contribution in [2.24, 2.45) is 11.8 Å². The van der Waals surface area contributed by atoms with Gasteiger partial charge in [0.2, 0.25) is 17.7 Å². The van der Waals surface area contributed by atoms with Crippen LogP contribution in [0.1, 0.15) is 59.4 Å². The van der Waals surface area contributed by atoms with Crippen molar-refractivity contribution in [2.75, 3.05) is 46.4 Å². The van der Waals surface area contributed by atoms with Crippen molar-refractivity contribution in [3.05, 3.63) is 34.1 Å². The maximum atomic E-state index is 15.1. The number of methoxy groups -OCH3 is 1. The molecule has 218 valence electrons. The van der Waals surface area contributed by atoms with E-state index in [0.29, 0.717) is 49.2 Å². The van der Waals surface area contributed by atoms with Crippen molar-refractivity contribution in [1.82, 2.24) is 20.0 Å².